The van der Waals surface area contributed by atoms with E-state index >= 15 is 0 Å². The van der Waals surface area contributed by atoms with Gasteiger partial charge in [-0.15, -0.1) is 0 Å². The largest absolute Gasteiger partial charge is 0.396 e. The van der Waals surface area contributed by atoms with E-state index in [2.05, 4.69) is 6.92 Å². The Hall–Kier alpha value is -0.220. The van der Waals surface area contributed by atoms with Crippen LogP contribution < -0.4 is 0 Å². The molecule has 1 unspecified atom stereocenters. The zero-order valence-electron chi connectivity index (χ0n) is 10.3. The SMILES string of the molecule is CC(CO)CCCCCCCCCF.OF. The summed E-state index contributed by atoms with van der Waals surface area (Å²) in [6.07, 6.45) is 9.11. The zero-order chi connectivity index (χ0) is 12.6. The number of alkyl halides is 1. The molecule has 0 rings (SSSR count). The molecule has 0 saturated heterocycles. The third kappa shape index (κ3) is 16.2. The number of aliphatic hydroxyl groups excluding tert-OH is 1. The molecule has 0 aromatic heterocycles. The van der Waals surface area contributed by atoms with Gasteiger partial charge in [0.05, 0.1) is 6.67 Å². The van der Waals surface area contributed by atoms with Gasteiger partial charge in [-0.1, -0.05) is 50.0 Å². The average Bonchev–Trinajstić information content (AvgIpc) is 2.34. The number of unbranched alkanes of at least 4 members (excludes halogenated alkanes) is 6. The van der Waals surface area contributed by atoms with Crippen molar-refractivity contribution in [3.8, 4) is 0 Å². The highest BCUT2D eigenvalue weighted by molar-refractivity contribution is 4.51. The topological polar surface area (TPSA) is 40.5 Å². The Morgan fingerprint density at radius 1 is 0.875 bits per heavy atom. The van der Waals surface area contributed by atoms with Crippen molar-refractivity contribution in [3.63, 3.8) is 0 Å². The van der Waals surface area contributed by atoms with Gasteiger partial charge in [0.2, 0.25) is 0 Å². The molecule has 4 heteroatoms. The number of halogens is 2. The Bertz CT molecular complexity index is 113. The van der Waals surface area contributed by atoms with Gasteiger partial charge < -0.3 is 5.11 Å². The molecular formula is C12H26F2O2. The van der Waals surface area contributed by atoms with E-state index in [-0.39, 0.29) is 6.67 Å². The minimum absolute atomic E-state index is 0.159. The molecule has 0 radical (unpaired) electrons. The van der Waals surface area contributed by atoms with Crippen molar-refractivity contribution in [3.05, 3.63) is 0 Å². The molecule has 0 aliphatic heterocycles. The van der Waals surface area contributed by atoms with E-state index in [1.165, 1.54) is 32.1 Å². The monoisotopic (exact) mass is 240 g/mol. The maximum atomic E-state index is 11.7. The summed E-state index contributed by atoms with van der Waals surface area (Å²) in [5, 5.41) is 14.3. The molecule has 0 spiro atoms. The van der Waals surface area contributed by atoms with Gasteiger partial charge in [0, 0.05) is 6.61 Å². The second-order valence-electron chi connectivity index (χ2n) is 4.24. The first-order valence-corrected chi connectivity index (χ1v) is 6.15. The predicted octanol–water partition coefficient (Wildman–Crippen LogP) is 3.57. The lowest BCUT2D eigenvalue weighted by Gasteiger charge is -2.06. The third-order valence-electron chi connectivity index (χ3n) is 2.64. The van der Waals surface area contributed by atoms with Crippen LogP contribution >= 0.6 is 0 Å². The molecule has 1 atom stereocenters. The predicted molar refractivity (Wildman–Crippen MR) is 62.5 cm³/mol. The Balaban J connectivity index is 0. The summed E-state index contributed by atoms with van der Waals surface area (Å²) >= 11 is 0. The average molecular weight is 240 g/mol. The molecule has 0 bridgehead atoms. The second kappa shape index (κ2) is 17.2. The lowest BCUT2D eigenvalue weighted by atomic mass is 10.0. The van der Waals surface area contributed by atoms with E-state index < -0.39 is 0 Å². The first-order valence-electron chi connectivity index (χ1n) is 6.15. The maximum absolute atomic E-state index is 11.7. The summed E-state index contributed by atoms with van der Waals surface area (Å²) < 4.78 is 20.2. The van der Waals surface area contributed by atoms with Crippen molar-refractivity contribution in [2.75, 3.05) is 13.3 Å². The number of hydrogen-bond donors (Lipinski definition) is 2. The second-order valence-corrected chi connectivity index (χ2v) is 4.24. The van der Waals surface area contributed by atoms with Crippen LogP contribution in [0.25, 0.3) is 0 Å². The summed E-state index contributed by atoms with van der Waals surface area (Å²) in [6, 6.07) is 0. The van der Waals surface area contributed by atoms with Crippen LogP contribution in [0.15, 0.2) is 0 Å². The van der Waals surface area contributed by atoms with E-state index in [0.717, 1.165) is 19.3 Å². The molecule has 0 aromatic carbocycles. The summed E-state index contributed by atoms with van der Waals surface area (Å²) in [5.74, 6) is 0.460. The highest BCUT2D eigenvalue weighted by atomic mass is 19.3. The molecule has 100 valence electrons. The van der Waals surface area contributed by atoms with E-state index in [1.54, 1.807) is 0 Å². The van der Waals surface area contributed by atoms with Gasteiger partial charge in [-0.05, 0) is 18.8 Å². The van der Waals surface area contributed by atoms with E-state index in [0.29, 0.717) is 12.5 Å². The van der Waals surface area contributed by atoms with Crippen molar-refractivity contribution in [1.82, 2.24) is 0 Å². The van der Waals surface area contributed by atoms with Crippen molar-refractivity contribution < 1.29 is 19.3 Å². The molecule has 0 aliphatic carbocycles. The lowest BCUT2D eigenvalue weighted by Crippen LogP contribution is -1.99. The first-order chi connectivity index (χ1) is 7.81. The van der Waals surface area contributed by atoms with Crippen molar-refractivity contribution in [2.45, 2.75) is 58.3 Å². The van der Waals surface area contributed by atoms with Crippen LogP contribution in [0.3, 0.4) is 0 Å². The van der Waals surface area contributed by atoms with Crippen LogP contribution in [0.1, 0.15) is 58.3 Å². The van der Waals surface area contributed by atoms with Crippen LogP contribution in [-0.2, 0) is 0 Å². The van der Waals surface area contributed by atoms with Gasteiger partial charge in [-0.3, -0.25) is 4.39 Å². The Kier molecular flexibility index (Phi) is 19.5. The Morgan fingerprint density at radius 2 is 1.31 bits per heavy atom. The molecule has 2 N–H and O–H groups in total. The fraction of sp³-hybridized carbons (Fsp3) is 1.00. The van der Waals surface area contributed by atoms with Crippen molar-refractivity contribution in [1.29, 1.82) is 0 Å². The van der Waals surface area contributed by atoms with Gasteiger partial charge in [0.15, 0.2) is 0 Å². The fourth-order valence-electron chi connectivity index (χ4n) is 1.56. The third-order valence-corrected chi connectivity index (χ3v) is 2.64. The maximum Gasteiger partial charge on any atom is 0.0894 e. The van der Waals surface area contributed by atoms with E-state index in [9.17, 15) is 4.39 Å². The van der Waals surface area contributed by atoms with Crippen LogP contribution in [0.4, 0.5) is 8.92 Å². The van der Waals surface area contributed by atoms with Crippen LogP contribution in [0.5, 0.6) is 0 Å². The lowest BCUT2D eigenvalue weighted by molar-refractivity contribution is -0.0441. The molecule has 0 heterocycles. The minimum Gasteiger partial charge on any atom is -0.396 e. The van der Waals surface area contributed by atoms with Crippen molar-refractivity contribution >= 4 is 0 Å². The fourth-order valence-corrected chi connectivity index (χ4v) is 1.56. The number of hydrogen-bond acceptors (Lipinski definition) is 2. The van der Waals surface area contributed by atoms with Gasteiger partial charge >= 0.3 is 0 Å². The Morgan fingerprint density at radius 3 is 1.75 bits per heavy atom. The normalized spacial score (nSPS) is 11.8. The van der Waals surface area contributed by atoms with Gasteiger partial charge in [-0.25, -0.2) is 5.31 Å². The van der Waals surface area contributed by atoms with Crippen LogP contribution in [0, 0.1) is 5.92 Å². The van der Waals surface area contributed by atoms with Crippen LogP contribution in [0.2, 0.25) is 0 Å². The quantitative estimate of drug-likeness (QED) is 0.573. The molecule has 0 saturated carbocycles. The van der Waals surface area contributed by atoms with Gasteiger partial charge in [0.1, 0.15) is 0 Å². The van der Waals surface area contributed by atoms with E-state index in [1.807, 2.05) is 0 Å². The standard InChI is InChI=1S/C12H25FO.FHO/c1-12(11-14)9-7-5-3-2-4-6-8-10-13;1-2/h12,14H,2-11H2,1H3;2H. The summed E-state index contributed by atoms with van der Waals surface area (Å²) in [4.78, 5) is 0. The zero-order valence-corrected chi connectivity index (χ0v) is 10.3. The summed E-state index contributed by atoms with van der Waals surface area (Å²) in [5.41, 5.74) is 0. The molecule has 0 aliphatic rings. The highest BCUT2D eigenvalue weighted by Gasteiger charge is 1.98. The minimum atomic E-state index is -0.159. The Labute approximate surface area is 97.6 Å². The molecule has 0 aromatic rings. The molecule has 16 heavy (non-hydrogen) atoms. The summed E-state index contributed by atoms with van der Waals surface area (Å²) in [7, 11) is 0. The molecular weight excluding hydrogens is 214 g/mol. The number of aliphatic hydroxyl groups is 1. The smallest absolute Gasteiger partial charge is 0.0894 e. The van der Waals surface area contributed by atoms with Crippen molar-refractivity contribution in [2.24, 2.45) is 5.92 Å². The van der Waals surface area contributed by atoms with Gasteiger partial charge in [-0.2, -0.15) is 0 Å². The molecule has 0 fully saturated rings. The highest BCUT2D eigenvalue weighted by Crippen LogP contribution is 2.12. The first kappa shape index (κ1) is 18.2. The molecule has 0 amide bonds. The number of rotatable bonds is 10. The molecule has 2 nitrogen and oxygen atoms in total. The summed E-state index contributed by atoms with van der Waals surface area (Å²) in [6.45, 7) is 2.24. The van der Waals surface area contributed by atoms with Gasteiger partial charge in [0.25, 0.3) is 0 Å². The van der Waals surface area contributed by atoms with Crippen LogP contribution in [-0.4, -0.2) is 23.7 Å². The van der Waals surface area contributed by atoms with E-state index in [4.69, 9.17) is 14.9 Å².